The molecule has 2 aromatic carbocycles. The highest BCUT2D eigenvalue weighted by Gasteiger charge is 2.10. The predicted octanol–water partition coefficient (Wildman–Crippen LogP) is 4.14. The van der Waals surface area contributed by atoms with Gasteiger partial charge < -0.3 is 20.1 Å². The Morgan fingerprint density at radius 2 is 1.67 bits per heavy atom. The van der Waals surface area contributed by atoms with Crippen LogP contribution in [0, 0.1) is 0 Å². The molecule has 0 atom stereocenters. The second-order valence-corrected chi connectivity index (χ2v) is 5.87. The van der Waals surface area contributed by atoms with Gasteiger partial charge in [-0.25, -0.2) is 0 Å². The monoisotopic (exact) mass is 384 g/mol. The lowest BCUT2D eigenvalue weighted by Gasteiger charge is -2.08. The van der Waals surface area contributed by atoms with Crippen molar-refractivity contribution < 1.29 is 14.3 Å². The molecule has 27 heavy (non-hydrogen) atoms. The number of rotatable bonds is 6. The highest BCUT2D eigenvalue weighted by molar-refractivity contribution is 6.32. The highest BCUT2D eigenvalue weighted by Crippen LogP contribution is 2.27. The van der Waals surface area contributed by atoms with Crippen LogP contribution in [0.1, 0.15) is 10.5 Å². The van der Waals surface area contributed by atoms with Crippen LogP contribution in [0.5, 0.6) is 11.5 Å². The zero-order chi connectivity index (χ0) is 19.2. The van der Waals surface area contributed by atoms with Crippen LogP contribution in [-0.2, 0) is 0 Å². The lowest BCUT2D eigenvalue weighted by molar-refractivity contribution is 0.102. The Balaban J connectivity index is 1.65. The Kier molecular flexibility index (Phi) is 5.73. The van der Waals surface area contributed by atoms with E-state index < -0.39 is 0 Å². The molecular weight excluding hydrogens is 368 g/mol. The van der Waals surface area contributed by atoms with Crippen LogP contribution in [0.25, 0.3) is 0 Å². The maximum atomic E-state index is 12.3. The SMILES string of the molecule is COc1ccc(Nc2ccc(C(=O)Nc3ccc(OC)c(Cl)c3)nn2)cc1. The number of ether oxygens (including phenoxy) is 2. The van der Waals surface area contributed by atoms with Crippen molar-refractivity contribution in [2.75, 3.05) is 24.9 Å². The van der Waals surface area contributed by atoms with E-state index in [2.05, 4.69) is 20.8 Å². The van der Waals surface area contributed by atoms with E-state index in [1.165, 1.54) is 7.11 Å². The Morgan fingerprint density at radius 1 is 0.926 bits per heavy atom. The fraction of sp³-hybridized carbons (Fsp3) is 0.105. The van der Waals surface area contributed by atoms with Crippen LogP contribution in [0.3, 0.4) is 0 Å². The summed E-state index contributed by atoms with van der Waals surface area (Å²) in [5, 5.41) is 14.2. The molecule has 0 spiro atoms. The summed E-state index contributed by atoms with van der Waals surface area (Å²) in [5.74, 6) is 1.42. The Morgan fingerprint density at radius 3 is 2.26 bits per heavy atom. The molecule has 8 heteroatoms. The molecule has 0 saturated heterocycles. The maximum absolute atomic E-state index is 12.3. The first-order valence-electron chi connectivity index (χ1n) is 7.99. The molecule has 0 unspecified atom stereocenters. The molecule has 138 valence electrons. The van der Waals surface area contributed by atoms with E-state index in [-0.39, 0.29) is 11.6 Å². The lowest BCUT2D eigenvalue weighted by atomic mass is 10.2. The Bertz CT molecular complexity index is 931. The van der Waals surface area contributed by atoms with Gasteiger partial charge in [0.05, 0.1) is 19.2 Å². The molecule has 1 amide bonds. The highest BCUT2D eigenvalue weighted by atomic mass is 35.5. The minimum atomic E-state index is -0.389. The van der Waals surface area contributed by atoms with Crippen molar-refractivity contribution in [3.63, 3.8) is 0 Å². The fourth-order valence-electron chi connectivity index (χ4n) is 2.28. The number of aromatic nitrogens is 2. The molecule has 0 aliphatic heterocycles. The van der Waals surface area contributed by atoms with Crippen molar-refractivity contribution >= 4 is 34.7 Å². The van der Waals surface area contributed by atoms with E-state index in [0.717, 1.165) is 11.4 Å². The van der Waals surface area contributed by atoms with Crippen molar-refractivity contribution in [2.24, 2.45) is 0 Å². The van der Waals surface area contributed by atoms with Crippen LogP contribution in [0.2, 0.25) is 5.02 Å². The van der Waals surface area contributed by atoms with Gasteiger partial charge >= 0.3 is 0 Å². The zero-order valence-electron chi connectivity index (χ0n) is 14.7. The molecule has 0 aliphatic rings. The van der Waals surface area contributed by atoms with E-state index in [9.17, 15) is 4.79 Å². The minimum absolute atomic E-state index is 0.183. The van der Waals surface area contributed by atoms with Gasteiger partial charge in [-0.1, -0.05) is 11.6 Å². The van der Waals surface area contributed by atoms with Gasteiger partial charge in [-0.2, -0.15) is 0 Å². The van der Waals surface area contributed by atoms with Gasteiger partial charge in [0, 0.05) is 11.4 Å². The zero-order valence-corrected chi connectivity index (χ0v) is 15.4. The third-order valence-corrected chi connectivity index (χ3v) is 3.96. The van der Waals surface area contributed by atoms with E-state index in [1.54, 1.807) is 37.4 Å². The van der Waals surface area contributed by atoms with Crippen molar-refractivity contribution in [2.45, 2.75) is 0 Å². The molecular formula is C19H17ClN4O3. The number of nitrogens with one attached hydrogen (secondary N) is 2. The predicted molar refractivity (Wildman–Crippen MR) is 104 cm³/mol. The number of anilines is 3. The van der Waals surface area contributed by atoms with E-state index in [1.807, 2.05) is 24.3 Å². The molecule has 0 aliphatic carbocycles. The summed E-state index contributed by atoms with van der Waals surface area (Å²) in [6, 6.07) is 15.6. The van der Waals surface area contributed by atoms with E-state index >= 15 is 0 Å². The summed E-state index contributed by atoms with van der Waals surface area (Å²) in [5.41, 5.74) is 1.55. The number of hydrogen-bond acceptors (Lipinski definition) is 6. The van der Waals surface area contributed by atoms with E-state index in [4.69, 9.17) is 21.1 Å². The number of halogens is 1. The van der Waals surface area contributed by atoms with Crippen LogP contribution in [0.4, 0.5) is 17.2 Å². The number of nitrogens with zero attached hydrogens (tertiary/aromatic N) is 2. The molecule has 0 bridgehead atoms. The standard InChI is InChI=1S/C19H17ClN4O3/c1-26-14-6-3-12(4-7-14)21-18-10-8-16(23-24-18)19(25)22-13-5-9-17(27-2)15(20)11-13/h3-11H,1-2H3,(H,21,24)(H,22,25). The van der Waals surface area contributed by atoms with Crippen molar-refractivity contribution in [3.05, 3.63) is 65.3 Å². The summed E-state index contributed by atoms with van der Waals surface area (Å²) >= 11 is 6.06. The first kappa shape index (κ1) is 18.5. The van der Waals surface area contributed by atoms with Crippen LogP contribution < -0.4 is 20.1 Å². The van der Waals surface area contributed by atoms with Gasteiger partial charge in [0.2, 0.25) is 0 Å². The third kappa shape index (κ3) is 4.65. The molecule has 7 nitrogen and oxygen atoms in total. The van der Waals surface area contributed by atoms with Gasteiger partial charge in [0.15, 0.2) is 11.5 Å². The molecule has 0 fully saturated rings. The molecule has 1 aromatic heterocycles. The Hall–Kier alpha value is -3.32. The number of methoxy groups -OCH3 is 2. The summed E-state index contributed by atoms with van der Waals surface area (Å²) in [7, 11) is 3.13. The number of carbonyl (C=O) groups is 1. The number of amides is 1. The first-order valence-corrected chi connectivity index (χ1v) is 8.36. The second kappa shape index (κ2) is 8.37. The second-order valence-electron chi connectivity index (χ2n) is 5.46. The summed E-state index contributed by atoms with van der Waals surface area (Å²) in [4.78, 5) is 12.3. The lowest BCUT2D eigenvalue weighted by Crippen LogP contribution is -2.14. The van der Waals surface area contributed by atoms with Crippen molar-refractivity contribution in [1.29, 1.82) is 0 Å². The van der Waals surface area contributed by atoms with Crippen molar-refractivity contribution in [3.8, 4) is 11.5 Å². The van der Waals surface area contributed by atoms with E-state index in [0.29, 0.717) is 22.3 Å². The number of hydrogen-bond donors (Lipinski definition) is 2. The maximum Gasteiger partial charge on any atom is 0.276 e. The molecule has 3 aromatic rings. The van der Waals surface area contributed by atoms with Gasteiger partial charge in [-0.3, -0.25) is 4.79 Å². The average molecular weight is 385 g/mol. The minimum Gasteiger partial charge on any atom is -0.497 e. The molecule has 0 radical (unpaired) electrons. The van der Waals surface area contributed by atoms with Crippen molar-refractivity contribution in [1.82, 2.24) is 10.2 Å². The first-order chi connectivity index (χ1) is 13.1. The molecule has 3 rings (SSSR count). The van der Waals surface area contributed by atoms with Gasteiger partial charge in [-0.15, -0.1) is 10.2 Å². The normalized spacial score (nSPS) is 10.2. The molecule has 2 N–H and O–H groups in total. The summed E-state index contributed by atoms with van der Waals surface area (Å²) < 4.78 is 10.2. The van der Waals surface area contributed by atoms with Gasteiger partial charge in [-0.05, 0) is 54.6 Å². The average Bonchev–Trinajstić information content (AvgIpc) is 2.69. The Labute approximate surface area is 161 Å². The topological polar surface area (TPSA) is 85.4 Å². The number of carbonyl (C=O) groups excluding carboxylic acids is 1. The fourth-order valence-corrected chi connectivity index (χ4v) is 2.54. The summed E-state index contributed by atoms with van der Waals surface area (Å²) in [6.45, 7) is 0. The third-order valence-electron chi connectivity index (χ3n) is 3.67. The molecule has 0 saturated carbocycles. The van der Waals surface area contributed by atoms with Gasteiger partial charge in [0.1, 0.15) is 11.5 Å². The van der Waals surface area contributed by atoms with Crippen LogP contribution >= 0.6 is 11.6 Å². The quantitative estimate of drug-likeness (QED) is 0.664. The van der Waals surface area contributed by atoms with Crippen LogP contribution in [-0.4, -0.2) is 30.3 Å². The van der Waals surface area contributed by atoms with Crippen LogP contribution in [0.15, 0.2) is 54.6 Å². The van der Waals surface area contributed by atoms with Gasteiger partial charge in [0.25, 0.3) is 5.91 Å². The smallest absolute Gasteiger partial charge is 0.276 e. The largest absolute Gasteiger partial charge is 0.497 e. The molecule has 1 heterocycles. The number of benzene rings is 2. The summed E-state index contributed by atoms with van der Waals surface area (Å²) in [6.07, 6.45) is 0.